The third-order valence-electron chi connectivity index (χ3n) is 4.45. The Labute approximate surface area is 144 Å². The van der Waals surface area contributed by atoms with E-state index >= 15 is 0 Å². The number of nitrogens with one attached hydrogen (secondary N) is 2. The Kier molecular flexibility index (Phi) is 7.25. The van der Waals surface area contributed by atoms with Gasteiger partial charge in [0, 0.05) is 31.7 Å². The number of rotatable bonds is 7. The van der Waals surface area contributed by atoms with E-state index in [1.165, 1.54) is 0 Å². The molecule has 1 aromatic rings. The lowest BCUT2D eigenvalue weighted by Gasteiger charge is -2.32. The van der Waals surface area contributed by atoms with Gasteiger partial charge in [-0.1, -0.05) is 32.0 Å². The molecule has 5 nitrogen and oxygen atoms in total. The second kappa shape index (κ2) is 9.42. The van der Waals surface area contributed by atoms with Gasteiger partial charge in [-0.05, 0) is 37.4 Å². The smallest absolute Gasteiger partial charge is 0.229 e. The van der Waals surface area contributed by atoms with Gasteiger partial charge in [0.25, 0.3) is 0 Å². The third-order valence-corrected chi connectivity index (χ3v) is 4.45. The van der Waals surface area contributed by atoms with Crippen LogP contribution in [0.15, 0.2) is 24.3 Å². The number of likely N-dealkylation sites (tertiary alicyclic amines) is 1. The molecule has 24 heavy (non-hydrogen) atoms. The molecule has 1 heterocycles. The predicted molar refractivity (Wildman–Crippen MR) is 96.7 cm³/mol. The lowest BCUT2D eigenvalue weighted by Crippen LogP contribution is -2.43. The number of carbonyl (C=O) groups is 2. The maximum absolute atomic E-state index is 12.7. The fourth-order valence-corrected chi connectivity index (χ4v) is 3.08. The molecular weight excluding hydrogens is 302 g/mol. The Bertz CT molecular complexity index is 559. The molecule has 132 valence electrons. The second-order valence-corrected chi connectivity index (χ2v) is 6.36. The molecule has 0 bridgehead atoms. The minimum absolute atomic E-state index is 0.0212. The van der Waals surface area contributed by atoms with Gasteiger partial charge in [-0.3, -0.25) is 9.59 Å². The highest BCUT2D eigenvalue weighted by molar-refractivity contribution is 5.93. The van der Waals surface area contributed by atoms with Crippen molar-refractivity contribution < 1.29 is 9.59 Å². The predicted octanol–water partition coefficient (Wildman–Crippen LogP) is 2.77. The van der Waals surface area contributed by atoms with Gasteiger partial charge in [0.2, 0.25) is 11.8 Å². The van der Waals surface area contributed by atoms with E-state index in [0.29, 0.717) is 13.0 Å². The van der Waals surface area contributed by atoms with Gasteiger partial charge in [0.15, 0.2) is 0 Å². The molecule has 2 rings (SSSR count). The highest BCUT2D eigenvalue weighted by atomic mass is 16.2. The van der Waals surface area contributed by atoms with Crippen LogP contribution in [0.2, 0.25) is 0 Å². The molecule has 0 saturated carbocycles. The second-order valence-electron chi connectivity index (χ2n) is 6.36. The Balaban J connectivity index is 1.98. The van der Waals surface area contributed by atoms with E-state index in [2.05, 4.69) is 17.6 Å². The topological polar surface area (TPSA) is 61.4 Å². The molecule has 2 N–H and O–H groups in total. The van der Waals surface area contributed by atoms with Crippen LogP contribution >= 0.6 is 0 Å². The van der Waals surface area contributed by atoms with E-state index in [9.17, 15) is 9.59 Å². The molecule has 0 aromatic heterocycles. The Morgan fingerprint density at radius 1 is 1.25 bits per heavy atom. The van der Waals surface area contributed by atoms with Crippen molar-refractivity contribution >= 4 is 17.5 Å². The monoisotopic (exact) mass is 331 g/mol. The van der Waals surface area contributed by atoms with E-state index in [0.717, 1.165) is 50.1 Å². The Morgan fingerprint density at radius 2 is 2.04 bits per heavy atom. The molecule has 5 heteroatoms. The SMILES string of the molecule is CCCC(=O)N1CCCC(C(=O)Nc2ccccc2CNCC)C1. The van der Waals surface area contributed by atoms with Crippen LogP contribution in [0.25, 0.3) is 0 Å². The largest absolute Gasteiger partial charge is 0.342 e. The summed E-state index contributed by atoms with van der Waals surface area (Å²) in [6.45, 7) is 7.01. The number of hydrogen-bond donors (Lipinski definition) is 2. The molecule has 0 aliphatic carbocycles. The third kappa shape index (κ3) is 5.06. The fraction of sp³-hybridized carbons (Fsp3) is 0.579. The molecule has 1 saturated heterocycles. The van der Waals surface area contributed by atoms with Crippen LogP contribution in [0.3, 0.4) is 0 Å². The zero-order chi connectivity index (χ0) is 17.4. The fourth-order valence-electron chi connectivity index (χ4n) is 3.08. The van der Waals surface area contributed by atoms with Gasteiger partial charge < -0.3 is 15.5 Å². The first-order valence-corrected chi connectivity index (χ1v) is 9.03. The number of nitrogens with zero attached hydrogens (tertiary/aromatic N) is 1. The van der Waals surface area contributed by atoms with Crippen LogP contribution in [-0.2, 0) is 16.1 Å². The van der Waals surface area contributed by atoms with Gasteiger partial charge in [0.1, 0.15) is 0 Å². The minimum atomic E-state index is -0.119. The van der Waals surface area contributed by atoms with Crippen LogP contribution in [0.4, 0.5) is 5.69 Å². The molecule has 1 fully saturated rings. The number of para-hydroxylation sites is 1. The van der Waals surface area contributed by atoms with Gasteiger partial charge in [0.05, 0.1) is 5.92 Å². The van der Waals surface area contributed by atoms with Crippen molar-refractivity contribution in [2.24, 2.45) is 5.92 Å². The molecule has 0 spiro atoms. The molecular formula is C19H29N3O2. The maximum Gasteiger partial charge on any atom is 0.229 e. The van der Waals surface area contributed by atoms with Gasteiger partial charge >= 0.3 is 0 Å². The zero-order valence-electron chi connectivity index (χ0n) is 14.8. The first kappa shape index (κ1) is 18.5. The average molecular weight is 331 g/mol. The van der Waals surface area contributed by atoms with Gasteiger partial charge in [-0.15, -0.1) is 0 Å². The number of hydrogen-bond acceptors (Lipinski definition) is 3. The lowest BCUT2D eigenvalue weighted by atomic mass is 9.96. The van der Waals surface area contributed by atoms with Crippen molar-refractivity contribution in [3.05, 3.63) is 29.8 Å². The van der Waals surface area contributed by atoms with Crippen LogP contribution in [-0.4, -0.2) is 36.3 Å². The summed E-state index contributed by atoms with van der Waals surface area (Å²) in [5.41, 5.74) is 1.95. The van der Waals surface area contributed by atoms with Gasteiger partial charge in [-0.2, -0.15) is 0 Å². The highest BCUT2D eigenvalue weighted by Gasteiger charge is 2.28. The van der Waals surface area contributed by atoms with Crippen LogP contribution in [0, 0.1) is 5.92 Å². The number of amides is 2. The van der Waals surface area contributed by atoms with Crippen molar-refractivity contribution in [3.63, 3.8) is 0 Å². The highest BCUT2D eigenvalue weighted by Crippen LogP contribution is 2.21. The number of anilines is 1. The van der Waals surface area contributed by atoms with Crippen molar-refractivity contribution in [2.45, 2.75) is 46.1 Å². The van der Waals surface area contributed by atoms with Crippen molar-refractivity contribution in [2.75, 3.05) is 25.0 Å². The Morgan fingerprint density at radius 3 is 2.79 bits per heavy atom. The molecule has 1 aliphatic rings. The van der Waals surface area contributed by atoms with E-state index in [4.69, 9.17) is 0 Å². The summed E-state index contributed by atoms with van der Waals surface area (Å²) in [4.78, 5) is 26.6. The van der Waals surface area contributed by atoms with Crippen LogP contribution in [0.1, 0.15) is 45.1 Å². The first-order valence-electron chi connectivity index (χ1n) is 9.03. The maximum atomic E-state index is 12.7. The quantitative estimate of drug-likeness (QED) is 0.807. The van der Waals surface area contributed by atoms with Crippen molar-refractivity contribution in [3.8, 4) is 0 Å². The molecule has 1 atom stereocenters. The molecule has 0 radical (unpaired) electrons. The van der Waals surface area contributed by atoms with E-state index in [-0.39, 0.29) is 17.7 Å². The number of benzene rings is 1. The summed E-state index contributed by atoms with van der Waals surface area (Å²) in [5.74, 6) is 0.0715. The summed E-state index contributed by atoms with van der Waals surface area (Å²) in [6.07, 6.45) is 3.16. The molecule has 2 amide bonds. The Hall–Kier alpha value is -1.88. The minimum Gasteiger partial charge on any atom is -0.342 e. The summed E-state index contributed by atoms with van der Waals surface area (Å²) in [5, 5.41) is 6.35. The van der Waals surface area contributed by atoms with Gasteiger partial charge in [-0.25, -0.2) is 0 Å². The number of carbonyl (C=O) groups excluding carboxylic acids is 2. The molecule has 1 aliphatic heterocycles. The van der Waals surface area contributed by atoms with E-state index in [1.54, 1.807) is 0 Å². The summed E-state index contributed by atoms with van der Waals surface area (Å²) in [7, 11) is 0. The van der Waals surface area contributed by atoms with Crippen molar-refractivity contribution in [1.82, 2.24) is 10.2 Å². The van der Waals surface area contributed by atoms with E-state index < -0.39 is 0 Å². The van der Waals surface area contributed by atoms with E-state index in [1.807, 2.05) is 36.1 Å². The molecule has 1 aromatic carbocycles. The lowest BCUT2D eigenvalue weighted by molar-refractivity contribution is -0.134. The summed E-state index contributed by atoms with van der Waals surface area (Å²) in [6, 6.07) is 7.88. The summed E-state index contributed by atoms with van der Waals surface area (Å²) >= 11 is 0. The summed E-state index contributed by atoms with van der Waals surface area (Å²) < 4.78 is 0. The first-order chi connectivity index (χ1) is 11.7. The van der Waals surface area contributed by atoms with Crippen LogP contribution < -0.4 is 10.6 Å². The standard InChI is InChI=1S/C19H29N3O2/c1-3-8-18(23)22-12-7-10-16(14-22)19(24)21-17-11-6-5-9-15(17)13-20-4-2/h5-6,9,11,16,20H,3-4,7-8,10,12-14H2,1-2H3,(H,21,24). The zero-order valence-corrected chi connectivity index (χ0v) is 14.8. The normalized spacial score (nSPS) is 17.6. The van der Waals surface area contributed by atoms with Crippen LogP contribution in [0.5, 0.6) is 0 Å². The van der Waals surface area contributed by atoms with Crippen molar-refractivity contribution in [1.29, 1.82) is 0 Å². The average Bonchev–Trinajstić information content (AvgIpc) is 2.61. The molecule has 1 unspecified atom stereocenters. The number of piperidine rings is 1.